The molecule has 3 aromatic rings. The van der Waals surface area contributed by atoms with E-state index in [4.69, 9.17) is 19.5 Å². The SMILES string of the molecule is Cc1cc2cc(n1)-c1cnn(C)c1OCCC[C@@H](C1CC1)CN1C(=NC2=O)N(COCC[Si](C)(C)C)c2ccc(CN3CCN(C)CC3)cc21. The van der Waals surface area contributed by atoms with Crippen LogP contribution in [0.25, 0.3) is 11.3 Å². The van der Waals surface area contributed by atoms with Gasteiger partial charge in [-0.2, -0.15) is 10.1 Å². The highest BCUT2D eigenvalue weighted by atomic mass is 28.3. The fourth-order valence-corrected chi connectivity index (χ4v) is 8.11. The van der Waals surface area contributed by atoms with E-state index in [2.05, 4.69) is 69.6 Å². The number of aliphatic imine (C=N–C) groups is 1. The molecule has 0 spiro atoms. The first kappa shape index (κ1) is 34.8. The second-order valence-corrected chi connectivity index (χ2v) is 21.6. The fraction of sp³-hybridized carbons (Fsp3) is 0.579. The van der Waals surface area contributed by atoms with Gasteiger partial charge < -0.3 is 19.3 Å². The Kier molecular flexibility index (Phi) is 10.2. The van der Waals surface area contributed by atoms with Gasteiger partial charge in [0.1, 0.15) is 6.73 Å². The van der Waals surface area contributed by atoms with Crippen LogP contribution in [0.1, 0.15) is 47.3 Å². The molecule has 0 radical (unpaired) electrons. The van der Waals surface area contributed by atoms with Crippen LogP contribution in [0.2, 0.25) is 25.7 Å². The molecule has 1 aliphatic carbocycles. The Bertz CT molecular complexity index is 1720. The predicted octanol–water partition coefficient (Wildman–Crippen LogP) is 5.87. The van der Waals surface area contributed by atoms with Crippen molar-refractivity contribution in [2.24, 2.45) is 23.9 Å². The van der Waals surface area contributed by atoms with Crippen LogP contribution in [0.4, 0.5) is 11.4 Å². The standard InChI is InChI=1S/C38H54N8O3Si/c1-27-20-31-22-33(40-27)32-23-39-43(3)37(32)49-17-7-8-30(29-10-11-29)25-45-35-21-28(24-44-15-13-42(2)14-16-44)9-12-34(35)46(38(45)41-36(31)47)26-48-18-19-50(4,5)6/h9,12,20-23,29-30H,7-8,10-11,13-19,24-26H2,1-6H3/t30-/m1/s1. The van der Waals surface area contributed by atoms with E-state index in [1.165, 1.54) is 18.4 Å². The van der Waals surface area contributed by atoms with E-state index in [9.17, 15) is 4.79 Å². The Hall–Kier alpha value is -3.58. The van der Waals surface area contributed by atoms with Gasteiger partial charge in [-0.05, 0) is 87.4 Å². The zero-order valence-electron chi connectivity index (χ0n) is 30.8. The molecule has 12 heteroatoms. The molecule has 1 saturated carbocycles. The van der Waals surface area contributed by atoms with Crippen molar-refractivity contribution in [2.45, 2.75) is 64.8 Å². The first-order chi connectivity index (χ1) is 24.0. The molecule has 268 valence electrons. The summed E-state index contributed by atoms with van der Waals surface area (Å²) in [6, 6.07) is 11.5. The third-order valence-electron chi connectivity index (χ3n) is 10.5. The molecular formula is C38H54N8O3Si. The van der Waals surface area contributed by atoms with E-state index in [1.807, 2.05) is 26.1 Å². The first-order valence-electron chi connectivity index (χ1n) is 18.5. The predicted molar refractivity (Wildman–Crippen MR) is 202 cm³/mol. The summed E-state index contributed by atoms with van der Waals surface area (Å²) in [6.45, 7) is 16.7. The summed E-state index contributed by atoms with van der Waals surface area (Å²) in [4.78, 5) is 33.5. The van der Waals surface area contributed by atoms with E-state index in [0.29, 0.717) is 54.9 Å². The van der Waals surface area contributed by atoms with Crippen LogP contribution >= 0.6 is 0 Å². The van der Waals surface area contributed by atoms with E-state index >= 15 is 0 Å². The molecule has 0 N–H and O–H groups in total. The molecule has 5 heterocycles. The van der Waals surface area contributed by atoms with Gasteiger partial charge in [0.2, 0.25) is 11.8 Å². The quantitative estimate of drug-likeness (QED) is 0.212. The number of nitrogens with zero attached hydrogens (tertiary/aromatic N) is 8. The Morgan fingerprint density at radius 1 is 0.980 bits per heavy atom. The highest BCUT2D eigenvalue weighted by Gasteiger charge is 2.39. The van der Waals surface area contributed by atoms with Crippen LogP contribution in [0.15, 0.2) is 41.5 Å². The number of piperazine rings is 1. The number of likely N-dealkylation sites (N-methyl/N-ethyl adjacent to an activating group) is 1. The minimum atomic E-state index is -1.28. The van der Waals surface area contributed by atoms with Gasteiger partial charge in [-0.1, -0.05) is 25.7 Å². The summed E-state index contributed by atoms with van der Waals surface area (Å²) in [7, 11) is 2.80. The van der Waals surface area contributed by atoms with Crippen LogP contribution in [0, 0.1) is 18.8 Å². The zero-order valence-corrected chi connectivity index (χ0v) is 31.8. The van der Waals surface area contributed by atoms with Crippen LogP contribution < -0.4 is 14.5 Å². The average Bonchev–Trinajstić information content (AvgIpc) is 3.80. The van der Waals surface area contributed by atoms with Gasteiger partial charge in [0.25, 0.3) is 5.91 Å². The molecule has 2 bridgehead atoms. The number of guanidine groups is 1. The lowest BCUT2D eigenvalue weighted by atomic mass is 9.97. The van der Waals surface area contributed by atoms with Crippen LogP contribution in [0.3, 0.4) is 0 Å². The van der Waals surface area contributed by atoms with Crippen LogP contribution in [-0.2, 0) is 18.3 Å². The van der Waals surface area contributed by atoms with Crippen molar-refractivity contribution in [3.05, 3.63) is 53.3 Å². The number of fused-ring (bicyclic) bond motifs is 7. The average molecular weight is 699 g/mol. The number of rotatable bonds is 8. The van der Waals surface area contributed by atoms with Gasteiger partial charge in [0.15, 0.2) is 0 Å². The van der Waals surface area contributed by atoms with Gasteiger partial charge in [-0.3, -0.25) is 19.6 Å². The summed E-state index contributed by atoms with van der Waals surface area (Å²) >= 11 is 0. The van der Waals surface area contributed by atoms with Gasteiger partial charge in [-0.15, -0.1) is 0 Å². The molecular weight excluding hydrogens is 645 g/mol. The molecule has 11 nitrogen and oxygen atoms in total. The van der Waals surface area contributed by atoms with Gasteiger partial charge in [-0.25, -0.2) is 4.68 Å². The fourth-order valence-electron chi connectivity index (χ4n) is 7.35. The second-order valence-electron chi connectivity index (χ2n) is 16.0. The first-order valence-corrected chi connectivity index (χ1v) is 22.2. The lowest BCUT2D eigenvalue weighted by Crippen LogP contribution is -2.44. The maximum absolute atomic E-state index is 14.3. The van der Waals surface area contributed by atoms with E-state index in [-0.39, 0.29) is 5.91 Å². The summed E-state index contributed by atoms with van der Waals surface area (Å²) in [5, 5.41) is 4.48. The molecule has 1 amide bonds. The molecule has 1 saturated heterocycles. The summed E-state index contributed by atoms with van der Waals surface area (Å²) < 4.78 is 14.5. The number of aryl methyl sites for hydroxylation is 2. The third-order valence-corrected chi connectivity index (χ3v) is 12.3. The topological polar surface area (TPSA) is 91.6 Å². The van der Waals surface area contributed by atoms with Crippen molar-refractivity contribution >= 4 is 31.3 Å². The minimum absolute atomic E-state index is 0.293. The number of anilines is 2. The lowest BCUT2D eigenvalue weighted by molar-refractivity contribution is 0.100. The largest absolute Gasteiger partial charge is 0.477 e. The Morgan fingerprint density at radius 2 is 1.78 bits per heavy atom. The van der Waals surface area contributed by atoms with Gasteiger partial charge in [0.05, 0.1) is 35.4 Å². The number of carbonyl (C=O) groups is 1. The molecule has 7 rings (SSSR count). The second kappa shape index (κ2) is 14.6. The molecule has 2 fully saturated rings. The Balaban J connectivity index is 1.29. The lowest BCUT2D eigenvalue weighted by Gasteiger charge is -2.32. The number of benzene rings is 1. The molecule has 50 heavy (non-hydrogen) atoms. The van der Waals surface area contributed by atoms with Gasteiger partial charge in [0, 0.05) is 72.3 Å². The zero-order chi connectivity index (χ0) is 35.0. The van der Waals surface area contributed by atoms with E-state index < -0.39 is 8.07 Å². The summed E-state index contributed by atoms with van der Waals surface area (Å²) in [5.41, 5.74) is 6.14. The normalized spacial score (nSPS) is 20.8. The molecule has 2 aromatic heterocycles. The highest BCUT2D eigenvalue weighted by Crippen LogP contribution is 2.44. The minimum Gasteiger partial charge on any atom is -0.477 e. The van der Waals surface area contributed by atoms with Crippen molar-refractivity contribution in [3.63, 3.8) is 0 Å². The van der Waals surface area contributed by atoms with Gasteiger partial charge >= 0.3 is 0 Å². The van der Waals surface area contributed by atoms with Crippen LogP contribution in [0.5, 0.6) is 5.88 Å². The Morgan fingerprint density at radius 3 is 2.54 bits per heavy atom. The number of hydrogen-bond acceptors (Lipinski definition) is 9. The summed E-state index contributed by atoms with van der Waals surface area (Å²) in [6.07, 6.45) is 6.22. The number of pyridine rings is 1. The van der Waals surface area contributed by atoms with E-state index in [0.717, 1.165) is 80.8 Å². The summed E-state index contributed by atoms with van der Waals surface area (Å²) in [5.74, 6) is 2.15. The third kappa shape index (κ3) is 7.98. The molecule has 1 atom stereocenters. The maximum atomic E-state index is 14.3. The monoisotopic (exact) mass is 698 g/mol. The van der Waals surface area contributed by atoms with Crippen molar-refractivity contribution in [2.75, 3.05) is 69.5 Å². The van der Waals surface area contributed by atoms with Crippen molar-refractivity contribution in [3.8, 4) is 17.1 Å². The number of carbonyl (C=O) groups excluding carboxylic acids is 1. The van der Waals surface area contributed by atoms with Crippen LogP contribution in [-0.4, -0.2) is 104 Å². The number of amides is 1. The maximum Gasteiger partial charge on any atom is 0.280 e. The van der Waals surface area contributed by atoms with E-state index in [1.54, 1.807) is 10.9 Å². The molecule has 0 unspecified atom stereocenters. The number of hydrogen-bond donors (Lipinski definition) is 0. The smallest absolute Gasteiger partial charge is 0.280 e. The molecule has 4 aliphatic rings. The highest BCUT2D eigenvalue weighted by molar-refractivity contribution is 6.76. The molecule has 3 aliphatic heterocycles. The number of ether oxygens (including phenoxy) is 2. The van der Waals surface area contributed by atoms with Crippen molar-refractivity contribution in [1.82, 2.24) is 24.6 Å². The molecule has 1 aromatic carbocycles. The number of aromatic nitrogens is 3. The van der Waals surface area contributed by atoms with Crippen molar-refractivity contribution < 1.29 is 14.3 Å². The van der Waals surface area contributed by atoms with Crippen molar-refractivity contribution in [1.29, 1.82) is 0 Å². The Labute approximate surface area is 298 Å².